The number of halogens is 1. The summed E-state index contributed by atoms with van der Waals surface area (Å²) in [4.78, 5) is 20.6. The summed E-state index contributed by atoms with van der Waals surface area (Å²) >= 11 is 0. The molecular formula is C17H27IN6O. The van der Waals surface area contributed by atoms with Gasteiger partial charge in [0, 0.05) is 39.9 Å². The summed E-state index contributed by atoms with van der Waals surface area (Å²) in [6.45, 7) is 2.63. The van der Waals surface area contributed by atoms with Gasteiger partial charge in [0.1, 0.15) is 6.54 Å². The molecule has 2 heterocycles. The number of nitrogens with one attached hydrogen (secondary N) is 1. The van der Waals surface area contributed by atoms with Crippen LogP contribution in [0.3, 0.4) is 0 Å². The van der Waals surface area contributed by atoms with Crippen LogP contribution in [0.15, 0.2) is 29.0 Å². The van der Waals surface area contributed by atoms with E-state index >= 15 is 0 Å². The normalized spacial score (nSPS) is 18.2. The summed E-state index contributed by atoms with van der Waals surface area (Å²) in [6, 6.07) is 0. The number of carbonyl (C=O) groups is 1. The molecule has 2 aliphatic rings. The fourth-order valence-corrected chi connectivity index (χ4v) is 3.31. The van der Waals surface area contributed by atoms with Crippen molar-refractivity contribution in [3.05, 3.63) is 24.0 Å². The standard InChI is InChI=1S/C17H26N6O.HI/c1-18-17(19-8-7-14-5-3-4-6-14)22-9-10-23(16(24)13-22)15-11-20-21(2)12-15;/h5,11-12H,3-4,6-10,13H2,1-2H3,(H,18,19);1H. The van der Waals surface area contributed by atoms with Gasteiger partial charge >= 0.3 is 0 Å². The number of anilines is 1. The molecular weight excluding hydrogens is 431 g/mol. The SMILES string of the molecule is CN=C(NCCC1=CCCC1)N1CCN(c2cnn(C)c2)C(=O)C1.I. The highest BCUT2D eigenvalue weighted by Crippen LogP contribution is 2.20. The lowest BCUT2D eigenvalue weighted by Gasteiger charge is -2.35. The number of nitrogens with zero attached hydrogens (tertiary/aromatic N) is 5. The summed E-state index contributed by atoms with van der Waals surface area (Å²) < 4.78 is 1.72. The molecule has 138 valence electrons. The molecule has 1 N–H and O–H groups in total. The van der Waals surface area contributed by atoms with Crippen molar-refractivity contribution in [1.29, 1.82) is 0 Å². The van der Waals surface area contributed by atoms with Gasteiger partial charge in [0.25, 0.3) is 0 Å². The van der Waals surface area contributed by atoms with Crippen LogP contribution in [0.25, 0.3) is 0 Å². The Morgan fingerprint density at radius 3 is 2.84 bits per heavy atom. The zero-order chi connectivity index (χ0) is 16.9. The maximum absolute atomic E-state index is 12.5. The molecule has 1 aromatic heterocycles. The monoisotopic (exact) mass is 458 g/mol. The van der Waals surface area contributed by atoms with Crippen LogP contribution in [-0.2, 0) is 11.8 Å². The molecule has 0 radical (unpaired) electrons. The third-order valence-corrected chi connectivity index (χ3v) is 4.60. The van der Waals surface area contributed by atoms with Gasteiger partial charge < -0.3 is 15.1 Å². The van der Waals surface area contributed by atoms with Gasteiger partial charge in [0.05, 0.1) is 11.9 Å². The molecule has 7 nitrogen and oxygen atoms in total. The molecule has 1 fully saturated rings. The first-order valence-corrected chi connectivity index (χ1v) is 8.60. The number of aryl methyl sites for hydroxylation is 1. The Morgan fingerprint density at radius 2 is 2.24 bits per heavy atom. The Bertz CT molecular complexity index is 653. The Kier molecular flexibility index (Phi) is 7.27. The topological polar surface area (TPSA) is 65.8 Å². The van der Waals surface area contributed by atoms with E-state index in [2.05, 4.69) is 21.5 Å². The van der Waals surface area contributed by atoms with Crippen molar-refractivity contribution in [3.8, 4) is 0 Å². The van der Waals surface area contributed by atoms with Crippen LogP contribution in [0.5, 0.6) is 0 Å². The molecule has 0 bridgehead atoms. The number of piperazine rings is 1. The number of aromatic nitrogens is 2. The van der Waals surface area contributed by atoms with Gasteiger partial charge in [-0.25, -0.2) is 0 Å². The highest BCUT2D eigenvalue weighted by molar-refractivity contribution is 14.0. The Hall–Kier alpha value is -1.58. The molecule has 1 aliphatic carbocycles. The number of hydrogen-bond acceptors (Lipinski definition) is 3. The number of carbonyl (C=O) groups excluding carboxylic acids is 1. The lowest BCUT2D eigenvalue weighted by atomic mass is 10.2. The van der Waals surface area contributed by atoms with Gasteiger partial charge in [-0.05, 0) is 25.7 Å². The van der Waals surface area contributed by atoms with Crippen molar-refractivity contribution in [3.63, 3.8) is 0 Å². The molecule has 1 aromatic rings. The fourth-order valence-electron chi connectivity index (χ4n) is 3.31. The van der Waals surface area contributed by atoms with Crippen molar-refractivity contribution in [2.24, 2.45) is 12.0 Å². The maximum atomic E-state index is 12.5. The van der Waals surface area contributed by atoms with E-state index in [1.54, 1.807) is 22.8 Å². The van der Waals surface area contributed by atoms with Crippen LogP contribution in [0.4, 0.5) is 5.69 Å². The largest absolute Gasteiger partial charge is 0.356 e. The molecule has 1 aliphatic heterocycles. The average Bonchev–Trinajstić information content (AvgIpc) is 3.23. The van der Waals surface area contributed by atoms with Crippen LogP contribution in [0.2, 0.25) is 0 Å². The number of rotatable bonds is 4. The third-order valence-electron chi connectivity index (χ3n) is 4.60. The maximum Gasteiger partial charge on any atom is 0.246 e. The first kappa shape index (κ1) is 19.7. The van der Waals surface area contributed by atoms with E-state index in [0.717, 1.165) is 31.2 Å². The van der Waals surface area contributed by atoms with Gasteiger partial charge in [-0.3, -0.25) is 14.5 Å². The number of allylic oxidation sites excluding steroid dienone is 1. The van der Waals surface area contributed by atoms with E-state index in [9.17, 15) is 4.79 Å². The second-order valence-electron chi connectivity index (χ2n) is 6.32. The van der Waals surface area contributed by atoms with E-state index in [0.29, 0.717) is 13.1 Å². The molecule has 1 saturated heterocycles. The van der Waals surface area contributed by atoms with E-state index in [4.69, 9.17) is 0 Å². The Morgan fingerprint density at radius 1 is 1.40 bits per heavy atom. The molecule has 3 rings (SSSR count). The zero-order valence-electron chi connectivity index (χ0n) is 14.9. The highest BCUT2D eigenvalue weighted by atomic mass is 127. The Balaban J connectivity index is 0.00000225. The molecule has 0 unspecified atom stereocenters. The summed E-state index contributed by atoms with van der Waals surface area (Å²) in [6.07, 6.45) is 10.7. The highest BCUT2D eigenvalue weighted by Gasteiger charge is 2.27. The van der Waals surface area contributed by atoms with E-state index < -0.39 is 0 Å². The zero-order valence-corrected chi connectivity index (χ0v) is 17.3. The van der Waals surface area contributed by atoms with Gasteiger partial charge in [-0.2, -0.15) is 5.10 Å². The minimum atomic E-state index is 0. The van der Waals surface area contributed by atoms with Crippen molar-refractivity contribution in [1.82, 2.24) is 20.0 Å². The first-order chi connectivity index (χ1) is 11.7. The molecule has 0 spiro atoms. The van der Waals surface area contributed by atoms with E-state index in [-0.39, 0.29) is 29.9 Å². The fraction of sp³-hybridized carbons (Fsp3) is 0.588. The van der Waals surface area contributed by atoms with Crippen LogP contribution in [0, 0.1) is 0 Å². The quantitative estimate of drug-likeness (QED) is 0.323. The van der Waals surface area contributed by atoms with Crippen molar-refractivity contribution in [2.45, 2.75) is 25.7 Å². The molecule has 0 atom stereocenters. The molecule has 0 aromatic carbocycles. The van der Waals surface area contributed by atoms with Crippen molar-refractivity contribution < 1.29 is 4.79 Å². The Labute approximate surface area is 166 Å². The van der Waals surface area contributed by atoms with Gasteiger partial charge in [-0.15, -0.1) is 24.0 Å². The summed E-state index contributed by atoms with van der Waals surface area (Å²) in [7, 11) is 3.63. The number of amides is 1. The van der Waals surface area contributed by atoms with Crippen LogP contribution < -0.4 is 10.2 Å². The number of aliphatic imine (C=N–C) groups is 1. The predicted molar refractivity (Wildman–Crippen MR) is 110 cm³/mol. The summed E-state index contributed by atoms with van der Waals surface area (Å²) in [5.74, 6) is 0.892. The number of hydrogen-bond donors (Lipinski definition) is 1. The van der Waals surface area contributed by atoms with E-state index in [1.165, 1.54) is 24.8 Å². The summed E-state index contributed by atoms with van der Waals surface area (Å²) in [5.41, 5.74) is 2.40. The van der Waals surface area contributed by atoms with Gasteiger partial charge in [0.15, 0.2) is 5.96 Å². The number of guanidine groups is 1. The molecule has 25 heavy (non-hydrogen) atoms. The van der Waals surface area contributed by atoms with Crippen molar-refractivity contribution >= 4 is 41.5 Å². The average molecular weight is 458 g/mol. The minimum Gasteiger partial charge on any atom is -0.356 e. The smallest absolute Gasteiger partial charge is 0.246 e. The second kappa shape index (κ2) is 9.21. The molecule has 1 amide bonds. The predicted octanol–water partition coefficient (Wildman–Crippen LogP) is 1.76. The van der Waals surface area contributed by atoms with Crippen LogP contribution >= 0.6 is 24.0 Å². The van der Waals surface area contributed by atoms with Crippen LogP contribution in [-0.4, -0.2) is 59.8 Å². The summed E-state index contributed by atoms with van der Waals surface area (Å²) in [5, 5.41) is 7.54. The van der Waals surface area contributed by atoms with Crippen molar-refractivity contribution in [2.75, 3.05) is 38.1 Å². The lowest BCUT2D eigenvalue weighted by Crippen LogP contribution is -2.55. The molecule has 0 saturated carbocycles. The third kappa shape index (κ3) is 4.96. The first-order valence-electron chi connectivity index (χ1n) is 8.60. The second-order valence-corrected chi connectivity index (χ2v) is 6.32. The van der Waals surface area contributed by atoms with Gasteiger partial charge in [-0.1, -0.05) is 11.6 Å². The van der Waals surface area contributed by atoms with Crippen LogP contribution in [0.1, 0.15) is 25.7 Å². The van der Waals surface area contributed by atoms with E-state index in [1.807, 2.05) is 18.1 Å². The minimum absolute atomic E-state index is 0. The van der Waals surface area contributed by atoms with Gasteiger partial charge in [0.2, 0.25) is 5.91 Å². The lowest BCUT2D eigenvalue weighted by molar-refractivity contribution is -0.120. The molecule has 8 heteroatoms.